The van der Waals surface area contributed by atoms with Gasteiger partial charge in [-0.05, 0) is 49.2 Å². The zero-order valence-electron chi connectivity index (χ0n) is 17.9. The molecule has 1 aromatic heterocycles. The van der Waals surface area contributed by atoms with Crippen LogP contribution >= 0.6 is 0 Å². The molecule has 0 bridgehead atoms. The van der Waals surface area contributed by atoms with E-state index >= 15 is 0 Å². The molecular formula is C23H25N5O3. The number of benzene rings is 2. The minimum Gasteiger partial charge on any atom is -0.368 e. The molecule has 1 saturated heterocycles. The summed E-state index contributed by atoms with van der Waals surface area (Å²) >= 11 is 0. The summed E-state index contributed by atoms with van der Waals surface area (Å²) in [5.41, 5.74) is 5.78. The summed E-state index contributed by atoms with van der Waals surface area (Å²) in [6, 6.07) is 14.6. The van der Waals surface area contributed by atoms with Gasteiger partial charge in [0.15, 0.2) is 0 Å². The smallest absolute Gasteiger partial charge is 0.272 e. The second kappa shape index (κ2) is 8.22. The Kier molecular flexibility index (Phi) is 5.46. The van der Waals surface area contributed by atoms with Gasteiger partial charge >= 0.3 is 0 Å². The number of rotatable bonds is 4. The van der Waals surface area contributed by atoms with Gasteiger partial charge in [0.2, 0.25) is 0 Å². The molecule has 4 rings (SSSR count). The average molecular weight is 419 g/mol. The van der Waals surface area contributed by atoms with E-state index in [9.17, 15) is 14.9 Å². The molecule has 0 N–H and O–H groups in total. The number of amides is 1. The highest BCUT2D eigenvalue weighted by atomic mass is 16.6. The van der Waals surface area contributed by atoms with Crippen molar-refractivity contribution in [3.8, 4) is 11.3 Å². The van der Waals surface area contributed by atoms with E-state index in [0.29, 0.717) is 31.9 Å². The second-order valence-corrected chi connectivity index (χ2v) is 7.89. The van der Waals surface area contributed by atoms with Crippen molar-refractivity contribution in [1.82, 2.24) is 14.7 Å². The number of nitrogens with zero attached hydrogens (tertiary/aromatic N) is 5. The first kappa shape index (κ1) is 20.6. The molecule has 1 amide bonds. The van der Waals surface area contributed by atoms with Crippen molar-refractivity contribution in [3.05, 3.63) is 75.5 Å². The van der Waals surface area contributed by atoms with E-state index in [1.165, 1.54) is 23.3 Å². The molecule has 0 unspecified atom stereocenters. The molecule has 0 aliphatic carbocycles. The molecule has 1 aliphatic heterocycles. The van der Waals surface area contributed by atoms with Crippen molar-refractivity contribution in [1.29, 1.82) is 0 Å². The highest BCUT2D eigenvalue weighted by Crippen LogP contribution is 2.24. The van der Waals surface area contributed by atoms with Gasteiger partial charge in [0.25, 0.3) is 11.6 Å². The Hall–Kier alpha value is -3.68. The maximum atomic E-state index is 13.1. The van der Waals surface area contributed by atoms with Crippen LogP contribution in [0.4, 0.5) is 11.4 Å². The summed E-state index contributed by atoms with van der Waals surface area (Å²) in [6.07, 6.45) is 0. The van der Waals surface area contributed by atoms with E-state index in [1.54, 1.807) is 23.9 Å². The molecular weight excluding hydrogens is 394 g/mol. The number of piperazine rings is 1. The van der Waals surface area contributed by atoms with Crippen LogP contribution in [0.25, 0.3) is 11.3 Å². The molecule has 2 heterocycles. The maximum absolute atomic E-state index is 13.1. The molecule has 1 fully saturated rings. The fourth-order valence-electron chi connectivity index (χ4n) is 3.82. The monoisotopic (exact) mass is 419 g/mol. The molecule has 0 radical (unpaired) electrons. The first-order chi connectivity index (χ1) is 14.8. The average Bonchev–Trinajstić information content (AvgIpc) is 3.17. The van der Waals surface area contributed by atoms with Crippen molar-refractivity contribution < 1.29 is 9.72 Å². The molecule has 160 valence electrons. The highest BCUT2D eigenvalue weighted by molar-refractivity contribution is 5.94. The van der Waals surface area contributed by atoms with E-state index in [4.69, 9.17) is 0 Å². The van der Waals surface area contributed by atoms with Crippen LogP contribution in [0.3, 0.4) is 0 Å². The van der Waals surface area contributed by atoms with Crippen molar-refractivity contribution in [2.75, 3.05) is 31.1 Å². The van der Waals surface area contributed by atoms with E-state index < -0.39 is 4.92 Å². The van der Waals surface area contributed by atoms with Gasteiger partial charge in [-0.15, -0.1) is 0 Å². The van der Waals surface area contributed by atoms with Gasteiger partial charge < -0.3 is 9.80 Å². The van der Waals surface area contributed by atoms with Gasteiger partial charge in [0, 0.05) is 56.6 Å². The second-order valence-electron chi connectivity index (χ2n) is 7.89. The number of anilines is 1. The van der Waals surface area contributed by atoms with Gasteiger partial charge in [-0.3, -0.25) is 19.6 Å². The van der Waals surface area contributed by atoms with Gasteiger partial charge in [-0.25, -0.2) is 0 Å². The van der Waals surface area contributed by atoms with Crippen molar-refractivity contribution >= 4 is 17.3 Å². The lowest BCUT2D eigenvalue weighted by Gasteiger charge is -2.36. The largest absolute Gasteiger partial charge is 0.368 e. The van der Waals surface area contributed by atoms with Crippen LogP contribution < -0.4 is 4.90 Å². The third kappa shape index (κ3) is 4.14. The lowest BCUT2D eigenvalue weighted by atomic mass is 10.0. The zero-order valence-corrected chi connectivity index (χ0v) is 17.9. The van der Waals surface area contributed by atoms with E-state index in [-0.39, 0.29) is 11.6 Å². The SMILES string of the molecule is Cc1ccc(-c2cc(C(=O)N3CCN(c4ccc([N+](=O)[O-])cc4)CC3)n(C)n2)cc1C. The van der Waals surface area contributed by atoms with Crippen LogP contribution in [0, 0.1) is 24.0 Å². The topological polar surface area (TPSA) is 84.5 Å². The number of aromatic nitrogens is 2. The normalized spacial score (nSPS) is 14.0. The quantitative estimate of drug-likeness (QED) is 0.477. The fourth-order valence-corrected chi connectivity index (χ4v) is 3.82. The van der Waals surface area contributed by atoms with Crippen molar-refractivity contribution in [2.45, 2.75) is 13.8 Å². The van der Waals surface area contributed by atoms with Crippen LogP contribution in [0.1, 0.15) is 21.6 Å². The van der Waals surface area contributed by atoms with Crippen LogP contribution in [0.2, 0.25) is 0 Å². The minimum atomic E-state index is -0.402. The lowest BCUT2D eigenvalue weighted by Crippen LogP contribution is -2.49. The number of carbonyl (C=O) groups is 1. The van der Waals surface area contributed by atoms with Crippen molar-refractivity contribution in [2.24, 2.45) is 7.05 Å². The Labute approximate surface area is 180 Å². The number of carbonyl (C=O) groups excluding carboxylic acids is 1. The Morgan fingerprint density at radius 2 is 1.65 bits per heavy atom. The summed E-state index contributed by atoms with van der Waals surface area (Å²) in [5, 5.41) is 15.4. The highest BCUT2D eigenvalue weighted by Gasteiger charge is 2.25. The van der Waals surface area contributed by atoms with E-state index in [1.807, 2.05) is 17.0 Å². The third-order valence-electron chi connectivity index (χ3n) is 5.89. The first-order valence-corrected chi connectivity index (χ1v) is 10.2. The molecule has 1 aliphatic rings. The first-order valence-electron chi connectivity index (χ1n) is 10.2. The molecule has 31 heavy (non-hydrogen) atoms. The summed E-state index contributed by atoms with van der Waals surface area (Å²) < 4.78 is 1.65. The lowest BCUT2D eigenvalue weighted by molar-refractivity contribution is -0.384. The predicted octanol–water partition coefficient (Wildman–Crippen LogP) is 3.57. The molecule has 3 aromatic rings. The summed E-state index contributed by atoms with van der Waals surface area (Å²) in [6.45, 7) is 6.65. The van der Waals surface area contributed by atoms with Gasteiger partial charge in [0.1, 0.15) is 5.69 Å². The van der Waals surface area contributed by atoms with Crippen molar-refractivity contribution in [3.63, 3.8) is 0 Å². The molecule has 2 aromatic carbocycles. The number of hydrogen-bond donors (Lipinski definition) is 0. The summed E-state index contributed by atoms with van der Waals surface area (Å²) in [7, 11) is 1.80. The van der Waals surface area contributed by atoms with Gasteiger partial charge in [-0.2, -0.15) is 5.10 Å². The number of nitro benzene ring substituents is 1. The molecule has 0 saturated carbocycles. The number of aryl methyl sites for hydroxylation is 3. The van der Waals surface area contributed by atoms with Gasteiger partial charge in [-0.1, -0.05) is 12.1 Å². The maximum Gasteiger partial charge on any atom is 0.272 e. The summed E-state index contributed by atoms with van der Waals surface area (Å²) in [4.78, 5) is 27.5. The Morgan fingerprint density at radius 3 is 2.26 bits per heavy atom. The van der Waals surface area contributed by atoms with Crippen LogP contribution in [-0.4, -0.2) is 51.7 Å². The Balaban J connectivity index is 1.44. The number of non-ortho nitro benzene ring substituents is 1. The standard InChI is InChI=1S/C23H25N5O3/c1-16-4-5-18(14-17(16)2)21-15-22(25(3)24-21)23(29)27-12-10-26(11-13-27)19-6-8-20(9-7-19)28(30)31/h4-9,14-15H,10-13H2,1-3H3. The predicted molar refractivity (Wildman–Crippen MR) is 119 cm³/mol. The van der Waals surface area contributed by atoms with E-state index in [2.05, 4.69) is 36.0 Å². The van der Waals surface area contributed by atoms with Crippen LogP contribution in [-0.2, 0) is 7.05 Å². The third-order valence-corrected chi connectivity index (χ3v) is 5.89. The number of hydrogen-bond acceptors (Lipinski definition) is 5. The molecule has 0 atom stereocenters. The number of nitro groups is 1. The zero-order chi connectivity index (χ0) is 22.1. The molecule has 8 nitrogen and oxygen atoms in total. The Bertz CT molecular complexity index is 1130. The van der Waals surface area contributed by atoms with Crippen LogP contribution in [0.5, 0.6) is 0 Å². The fraction of sp³-hybridized carbons (Fsp3) is 0.304. The van der Waals surface area contributed by atoms with Crippen LogP contribution in [0.15, 0.2) is 48.5 Å². The summed E-state index contributed by atoms with van der Waals surface area (Å²) in [5.74, 6) is -0.0339. The van der Waals surface area contributed by atoms with E-state index in [0.717, 1.165) is 16.9 Å². The Morgan fingerprint density at radius 1 is 0.968 bits per heavy atom. The molecule has 0 spiro atoms. The van der Waals surface area contributed by atoms with Gasteiger partial charge in [0.05, 0.1) is 10.6 Å². The molecule has 8 heteroatoms. The minimum absolute atomic E-state index is 0.0339.